The molecule has 4 nitrogen and oxygen atoms in total. The van der Waals surface area contributed by atoms with Crippen LogP contribution in [0.3, 0.4) is 0 Å². The third-order valence-corrected chi connectivity index (χ3v) is 4.58. The molecular formula is C12H17BrN2O2S. The Balaban J connectivity index is 1.79. The van der Waals surface area contributed by atoms with Crippen LogP contribution in [0, 0.1) is 0 Å². The van der Waals surface area contributed by atoms with Crippen LogP contribution in [0.2, 0.25) is 0 Å². The molecule has 18 heavy (non-hydrogen) atoms. The molecule has 1 aliphatic heterocycles. The number of rotatable bonds is 4. The number of morpholine rings is 1. The molecule has 1 aromatic rings. The molecule has 2 rings (SSSR count). The largest absolute Gasteiger partial charge is 0.374 e. The van der Waals surface area contributed by atoms with Gasteiger partial charge in [-0.1, -0.05) is 6.92 Å². The lowest BCUT2D eigenvalue weighted by molar-refractivity contribution is -0.0245. The van der Waals surface area contributed by atoms with Crippen molar-refractivity contribution < 1.29 is 9.53 Å². The summed E-state index contributed by atoms with van der Waals surface area (Å²) in [6.07, 6.45) is 0.103. The van der Waals surface area contributed by atoms with Crippen molar-refractivity contribution in [3.63, 3.8) is 0 Å². The average Bonchev–Trinajstić information content (AvgIpc) is 2.83. The second kappa shape index (κ2) is 6.65. The number of hydrogen-bond acceptors (Lipinski definition) is 4. The van der Waals surface area contributed by atoms with Gasteiger partial charge in [-0.3, -0.25) is 9.69 Å². The molecule has 0 aliphatic carbocycles. The van der Waals surface area contributed by atoms with E-state index in [4.69, 9.17) is 4.74 Å². The van der Waals surface area contributed by atoms with Gasteiger partial charge in [0.25, 0.3) is 5.91 Å². The molecule has 0 radical (unpaired) electrons. The second-order valence-electron chi connectivity index (χ2n) is 4.20. The molecule has 1 atom stereocenters. The van der Waals surface area contributed by atoms with Crippen LogP contribution in [0.4, 0.5) is 0 Å². The number of likely N-dealkylation sites (N-methyl/N-ethyl adjacent to an activating group) is 1. The minimum Gasteiger partial charge on any atom is -0.374 e. The van der Waals surface area contributed by atoms with E-state index in [-0.39, 0.29) is 12.0 Å². The first-order valence-electron chi connectivity index (χ1n) is 6.06. The summed E-state index contributed by atoms with van der Waals surface area (Å²) >= 11 is 4.79. The van der Waals surface area contributed by atoms with Crippen molar-refractivity contribution in [1.29, 1.82) is 0 Å². The fourth-order valence-electron chi connectivity index (χ4n) is 1.92. The summed E-state index contributed by atoms with van der Waals surface area (Å²) in [6.45, 7) is 6.38. The van der Waals surface area contributed by atoms with Crippen LogP contribution in [0.25, 0.3) is 0 Å². The predicted molar refractivity (Wildman–Crippen MR) is 76.2 cm³/mol. The molecule has 1 unspecified atom stereocenters. The van der Waals surface area contributed by atoms with Crippen LogP contribution < -0.4 is 5.32 Å². The van der Waals surface area contributed by atoms with Gasteiger partial charge in [-0.15, -0.1) is 11.3 Å². The molecule has 0 aromatic carbocycles. The van der Waals surface area contributed by atoms with Gasteiger partial charge >= 0.3 is 0 Å². The fourth-order valence-corrected chi connectivity index (χ4v) is 3.22. The number of amides is 1. The molecule has 1 aliphatic rings. The highest BCUT2D eigenvalue weighted by Crippen LogP contribution is 2.21. The van der Waals surface area contributed by atoms with Crippen LogP contribution in [-0.4, -0.2) is 49.7 Å². The maximum Gasteiger partial charge on any atom is 0.261 e. The van der Waals surface area contributed by atoms with E-state index in [1.165, 1.54) is 11.3 Å². The van der Waals surface area contributed by atoms with Crippen LogP contribution in [-0.2, 0) is 4.74 Å². The maximum absolute atomic E-state index is 11.9. The Kier molecular flexibility index (Phi) is 5.17. The predicted octanol–water partition coefficient (Wildman–Crippen LogP) is 1.96. The molecule has 1 saturated heterocycles. The molecule has 0 spiro atoms. The van der Waals surface area contributed by atoms with Gasteiger partial charge in [-0.05, 0) is 34.6 Å². The number of nitrogens with zero attached hydrogens (tertiary/aromatic N) is 1. The summed E-state index contributed by atoms with van der Waals surface area (Å²) in [5, 5.41) is 2.93. The second-order valence-corrected chi connectivity index (χ2v) is 6.66. The first-order chi connectivity index (χ1) is 8.69. The zero-order valence-electron chi connectivity index (χ0n) is 10.3. The van der Waals surface area contributed by atoms with Crippen molar-refractivity contribution in [3.05, 3.63) is 20.8 Å². The van der Waals surface area contributed by atoms with Gasteiger partial charge < -0.3 is 10.1 Å². The van der Waals surface area contributed by atoms with E-state index in [2.05, 4.69) is 33.1 Å². The minimum atomic E-state index is -0.0251. The number of thiophene rings is 1. The van der Waals surface area contributed by atoms with Gasteiger partial charge in [0.05, 0.1) is 21.4 Å². The van der Waals surface area contributed by atoms with E-state index in [9.17, 15) is 4.79 Å². The Labute approximate surface area is 119 Å². The van der Waals surface area contributed by atoms with E-state index in [1.54, 1.807) is 0 Å². The van der Waals surface area contributed by atoms with Crippen LogP contribution >= 0.6 is 27.3 Å². The lowest BCUT2D eigenvalue weighted by atomic mass is 10.2. The van der Waals surface area contributed by atoms with E-state index < -0.39 is 0 Å². The first-order valence-corrected chi connectivity index (χ1v) is 7.67. The molecule has 1 fully saturated rings. The summed E-state index contributed by atoms with van der Waals surface area (Å²) in [6, 6.07) is 3.71. The molecular weight excluding hydrogens is 316 g/mol. The monoisotopic (exact) mass is 332 g/mol. The number of carbonyl (C=O) groups excluding carboxylic acids is 1. The van der Waals surface area contributed by atoms with Gasteiger partial charge in [0.15, 0.2) is 0 Å². The smallest absolute Gasteiger partial charge is 0.261 e. The normalized spacial score (nSPS) is 20.9. The fraction of sp³-hybridized carbons (Fsp3) is 0.583. The number of carbonyl (C=O) groups is 1. The lowest BCUT2D eigenvalue weighted by Crippen LogP contribution is -2.47. The highest BCUT2D eigenvalue weighted by molar-refractivity contribution is 9.11. The van der Waals surface area contributed by atoms with Crippen molar-refractivity contribution in [3.8, 4) is 0 Å². The van der Waals surface area contributed by atoms with E-state index in [0.29, 0.717) is 6.54 Å². The van der Waals surface area contributed by atoms with Crippen molar-refractivity contribution in [1.82, 2.24) is 10.2 Å². The zero-order valence-corrected chi connectivity index (χ0v) is 12.7. The van der Waals surface area contributed by atoms with E-state index in [1.807, 2.05) is 12.1 Å². The Bertz CT molecular complexity index is 411. The van der Waals surface area contributed by atoms with E-state index >= 15 is 0 Å². The van der Waals surface area contributed by atoms with Crippen molar-refractivity contribution in [2.24, 2.45) is 0 Å². The SMILES string of the molecule is CCN1CCOC(CNC(=O)c2ccc(Br)s2)C1. The first kappa shape index (κ1) is 14.0. The Morgan fingerprint density at radius 1 is 1.67 bits per heavy atom. The van der Waals surface area contributed by atoms with Gasteiger partial charge in [0.2, 0.25) is 0 Å². The highest BCUT2D eigenvalue weighted by Gasteiger charge is 2.20. The Morgan fingerprint density at radius 2 is 2.50 bits per heavy atom. The average molecular weight is 333 g/mol. The summed E-state index contributed by atoms with van der Waals surface area (Å²) in [4.78, 5) is 14.9. The molecule has 2 heterocycles. The lowest BCUT2D eigenvalue weighted by Gasteiger charge is -2.32. The van der Waals surface area contributed by atoms with Gasteiger partial charge in [0.1, 0.15) is 0 Å². The maximum atomic E-state index is 11.9. The third-order valence-electron chi connectivity index (χ3n) is 2.96. The molecule has 1 aromatic heterocycles. The minimum absolute atomic E-state index is 0.0251. The number of nitrogens with one attached hydrogen (secondary N) is 1. The quantitative estimate of drug-likeness (QED) is 0.916. The molecule has 6 heteroatoms. The van der Waals surface area contributed by atoms with Crippen molar-refractivity contribution in [2.75, 3.05) is 32.8 Å². The van der Waals surface area contributed by atoms with Crippen molar-refractivity contribution in [2.45, 2.75) is 13.0 Å². The number of ether oxygens (including phenoxy) is 1. The number of hydrogen-bond donors (Lipinski definition) is 1. The van der Waals surface area contributed by atoms with Crippen LogP contribution in [0.15, 0.2) is 15.9 Å². The van der Waals surface area contributed by atoms with Gasteiger partial charge in [-0.2, -0.15) is 0 Å². The standard InChI is InChI=1S/C12H17BrN2O2S/c1-2-15-5-6-17-9(8-15)7-14-12(16)10-3-4-11(13)18-10/h3-4,9H,2,5-8H2,1H3,(H,14,16). The molecule has 1 amide bonds. The Morgan fingerprint density at radius 3 is 3.17 bits per heavy atom. The van der Waals surface area contributed by atoms with Gasteiger partial charge in [0, 0.05) is 19.6 Å². The highest BCUT2D eigenvalue weighted by atomic mass is 79.9. The summed E-state index contributed by atoms with van der Waals surface area (Å²) < 4.78 is 6.61. The van der Waals surface area contributed by atoms with E-state index in [0.717, 1.165) is 34.9 Å². The van der Waals surface area contributed by atoms with Crippen LogP contribution in [0.5, 0.6) is 0 Å². The van der Waals surface area contributed by atoms with Crippen LogP contribution in [0.1, 0.15) is 16.6 Å². The van der Waals surface area contributed by atoms with Gasteiger partial charge in [-0.25, -0.2) is 0 Å². The molecule has 0 bridgehead atoms. The van der Waals surface area contributed by atoms with Crippen molar-refractivity contribution >= 4 is 33.2 Å². The number of halogens is 1. The molecule has 100 valence electrons. The summed E-state index contributed by atoms with van der Waals surface area (Å²) in [7, 11) is 0. The molecule has 1 N–H and O–H groups in total. The Hall–Kier alpha value is -0.430. The summed E-state index contributed by atoms with van der Waals surface area (Å²) in [5.41, 5.74) is 0. The summed E-state index contributed by atoms with van der Waals surface area (Å²) in [5.74, 6) is -0.0251. The zero-order chi connectivity index (χ0) is 13.0. The molecule has 0 saturated carbocycles. The third kappa shape index (κ3) is 3.78. The topological polar surface area (TPSA) is 41.6 Å².